The molecule has 0 saturated heterocycles. The van der Waals surface area contributed by atoms with Gasteiger partial charge in [-0.05, 0) is 102 Å². The largest absolute Gasteiger partial charge is 0.480 e. The minimum atomic E-state index is -1.14. The number of aryl methyl sites for hydroxylation is 3. The molecule has 0 saturated carbocycles. The van der Waals surface area contributed by atoms with Gasteiger partial charge in [-0.2, -0.15) is 0 Å². The van der Waals surface area contributed by atoms with Crippen molar-refractivity contribution in [3.63, 3.8) is 0 Å². The highest BCUT2D eigenvalue weighted by atomic mass is 79.9. The number of nitro groups is 1. The fourth-order valence-corrected chi connectivity index (χ4v) is 6.57. The molecule has 0 bridgehead atoms. The van der Waals surface area contributed by atoms with Gasteiger partial charge in [-0.25, -0.2) is 0 Å². The Morgan fingerprint density at radius 3 is 1.90 bits per heavy atom. The number of aromatic nitrogens is 3. The third-order valence-corrected chi connectivity index (χ3v) is 9.30. The lowest BCUT2D eigenvalue weighted by Gasteiger charge is -2.07. The van der Waals surface area contributed by atoms with Crippen LogP contribution in [0, 0.1) is 30.9 Å². The van der Waals surface area contributed by atoms with Crippen LogP contribution in [-0.4, -0.2) is 54.1 Å². The number of nitrogens with zero attached hydrogens (tertiary/aromatic N) is 1. The highest BCUT2D eigenvalue weighted by molar-refractivity contribution is 9.11. The first kappa shape index (κ1) is 36.8. The molecule has 3 aromatic heterocycles. The third kappa shape index (κ3) is 8.52. The second-order valence-corrected chi connectivity index (χ2v) is 13.9. The minimum absolute atomic E-state index is 0.0263. The molecule has 2 atom stereocenters. The summed E-state index contributed by atoms with van der Waals surface area (Å²) in [6, 6.07) is 15.6. The summed E-state index contributed by atoms with van der Waals surface area (Å²) in [6.07, 6.45) is 0.357. The molecular formula is C33H33Br3N6O6. The molecule has 0 spiro atoms. The van der Waals surface area contributed by atoms with Crippen molar-refractivity contribution in [3.05, 3.63) is 106 Å². The van der Waals surface area contributed by atoms with Gasteiger partial charge in [0.15, 0.2) is 0 Å². The molecule has 6 aromatic rings. The Kier molecular flexibility index (Phi) is 11.9. The Morgan fingerprint density at radius 1 is 0.771 bits per heavy atom. The number of aromatic amines is 3. The predicted molar refractivity (Wildman–Crippen MR) is 197 cm³/mol. The summed E-state index contributed by atoms with van der Waals surface area (Å²) in [5.74, 6) is -2.12. The monoisotopic (exact) mass is 846 g/mol. The van der Waals surface area contributed by atoms with E-state index in [1.807, 2.05) is 31.2 Å². The SMILES string of the molecule is Cc1[nH]c2ccc(Br)c([N+](=O)[O-])c2c1CC(N)C(=O)O.Cc1[nH]c2ccc(Br)cc2c1CC(N)C(=O)O.Cc1cc2cc(Br)ccc2[nH]1. The molecule has 15 heteroatoms. The van der Waals surface area contributed by atoms with E-state index in [0.717, 1.165) is 31.1 Å². The van der Waals surface area contributed by atoms with Crippen LogP contribution in [0.2, 0.25) is 0 Å². The van der Waals surface area contributed by atoms with Gasteiger partial charge in [0.1, 0.15) is 12.1 Å². The summed E-state index contributed by atoms with van der Waals surface area (Å²) < 4.78 is 2.44. The first-order valence-electron chi connectivity index (χ1n) is 14.5. The molecule has 2 unspecified atom stereocenters. The molecule has 48 heavy (non-hydrogen) atoms. The van der Waals surface area contributed by atoms with Crippen molar-refractivity contribution < 1.29 is 24.7 Å². The number of halogens is 3. The lowest BCUT2D eigenvalue weighted by Crippen LogP contribution is -2.32. The maximum atomic E-state index is 11.2. The number of benzene rings is 3. The number of nitro benzene ring substituents is 1. The molecule has 3 heterocycles. The summed E-state index contributed by atoms with van der Waals surface area (Å²) >= 11 is 9.99. The van der Waals surface area contributed by atoms with Crippen molar-refractivity contribution in [1.82, 2.24) is 15.0 Å². The number of hydrogen-bond donors (Lipinski definition) is 7. The number of rotatable bonds is 7. The zero-order chi connectivity index (χ0) is 35.4. The van der Waals surface area contributed by atoms with Gasteiger partial charge in [0.25, 0.3) is 5.69 Å². The fourth-order valence-electron chi connectivity index (χ4n) is 5.35. The molecule has 0 amide bonds. The van der Waals surface area contributed by atoms with Gasteiger partial charge in [0, 0.05) is 60.7 Å². The number of aliphatic carboxylic acids is 2. The Balaban J connectivity index is 0.000000169. The predicted octanol–water partition coefficient (Wildman–Crippen LogP) is 7.53. The van der Waals surface area contributed by atoms with Crippen LogP contribution >= 0.6 is 47.8 Å². The van der Waals surface area contributed by atoms with Crippen LogP contribution in [0.15, 0.2) is 68.0 Å². The van der Waals surface area contributed by atoms with Crippen LogP contribution in [0.4, 0.5) is 5.69 Å². The van der Waals surface area contributed by atoms with E-state index in [1.165, 1.54) is 16.6 Å². The Labute approximate surface area is 299 Å². The number of fused-ring (bicyclic) bond motifs is 3. The van der Waals surface area contributed by atoms with E-state index in [9.17, 15) is 19.7 Å². The van der Waals surface area contributed by atoms with Crippen molar-refractivity contribution in [2.24, 2.45) is 11.5 Å². The lowest BCUT2D eigenvalue weighted by molar-refractivity contribution is -0.383. The summed E-state index contributed by atoms with van der Waals surface area (Å²) in [5, 5.41) is 31.7. The minimum Gasteiger partial charge on any atom is -0.480 e. The molecule has 0 fully saturated rings. The molecule has 9 N–H and O–H groups in total. The van der Waals surface area contributed by atoms with E-state index in [2.05, 4.69) is 87.9 Å². The first-order valence-corrected chi connectivity index (χ1v) is 16.9. The van der Waals surface area contributed by atoms with E-state index in [1.54, 1.807) is 19.1 Å². The van der Waals surface area contributed by atoms with Crippen molar-refractivity contribution in [3.8, 4) is 0 Å². The number of carbonyl (C=O) groups is 2. The molecule has 3 aromatic carbocycles. The quantitative estimate of drug-likeness (QED) is 0.0628. The van der Waals surface area contributed by atoms with Gasteiger partial charge in [-0.1, -0.05) is 31.9 Å². The van der Waals surface area contributed by atoms with Crippen LogP contribution < -0.4 is 11.5 Å². The van der Waals surface area contributed by atoms with Crippen LogP contribution in [0.5, 0.6) is 0 Å². The fraction of sp³-hybridized carbons (Fsp3) is 0.212. The maximum absolute atomic E-state index is 11.2. The molecule has 0 aliphatic carbocycles. The van der Waals surface area contributed by atoms with Crippen molar-refractivity contribution >= 4 is 98.1 Å². The average molecular weight is 849 g/mol. The van der Waals surface area contributed by atoms with Crippen LogP contribution in [0.25, 0.3) is 32.7 Å². The molecule has 0 aliphatic heterocycles. The van der Waals surface area contributed by atoms with Crippen molar-refractivity contribution in [2.45, 2.75) is 45.7 Å². The van der Waals surface area contributed by atoms with Gasteiger partial charge < -0.3 is 36.6 Å². The van der Waals surface area contributed by atoms with Gasteiger partial charge in [-0.15, -0.1) is 0 Å². The summed E-state index contributed by atoms with van der Waals surface area (Å²) in [6.45, 7) is 5.73. The second-order valence-electron chi connectivity index (χ2n) is 11.2. The van der Waals surface area contributed by atoms with E-state index in [0.29, 0.717) is 33.1 Å². The van der Waals surface area contributed by atoms with E-state index >= 15 is 0 Å². The van der Waals surface area contributed by atoms with Crippen molar-refractivity contribution in [2.75, 3.05) is 0 Å². The van der Waals surface area contributed by atoms with Crippen molar-refractivity contribution in [1.29, 1.82) is 0 Å². The highest BCUT2D eigenvalue weighted by Crippen LogP contribution is 2.37. The maximum Gasteiger partial charge on any atom is 0.320 e. The normalized spacial score (nSPS) is 12.2. The third-order valence-electron chi connectivity index (χ3n) is 7.67. The summed E-state index contributed by atoms with van der Waals surface area (Å²) in [4.78, 5) is 41.9. The van der Waals surface area contributed by atoms with Crippen LogP contribution in [-0.2, 0) is 22.4 Å². The number of carboxylic acids is 2. The Bertz CT molecular complexity index is 2150. The highest BCUT2D eigenvalue weighted by Gasteiger charge is 2.25. The zero-order valence-corrected chi connectivity index (χ0v) is 30.8. The van der Waals surface area contributed by atoms with Crippen LogP contribution in [0.1, 0.15) is 28.2 Å². The lowest BCUT2D eigenvalue weighted by atomic mass is 10.0. The molecule has 0 radical (unpaired) electrons. The molecular weight excluding hydrogens is 816 g/mol. The molecule has 12 nitrogen and oxygen atoms in total. The zero-order valence-electron chi connectivity index (χ0n) is 26.0. The van der Waals surface area contributed by atoms with E-state index in [4.69, 9.17) is 21.7 Å². The number of H-pyrrole nitrogens is 3. The Hall–Kier alpha value is -4.02. The summed E-state index contributed by atoms with van der Waals surface area (Å²) in [7, 11) is 0. The molecule has 6 rings (SSSR count). The van der Waals surface area contributed by atoms with E-state index in [-0.39, 0.29) is 12.1 Å². The first-order chi connectivity index (χ1) is 22.6. The average Bonchev–Trinajstić information content (AvgIpc) is 3.64. The number of nitrogens with two attached hydrogens (primary N) is 2. The Morgan fingerprint density at radius 2 is 1.29 bits per heavy atom. The van der Waals surface area contributed by atoms with Gasteiger partial charge in [-0.3, -0.25) is 19.7 Å². The van der Waals surface area contributed by atoms with Gasteiger partial charge >= 0.3 is 11.9 Å². The van der Waals surface area contributed by atoms with Crippen LogP contribution in [0.3, 0.4) is 0 Å². The number of nitrogens with one attached hydrogen (secondary N) is 3. The smallest absolute Gasteiger partial charge is 0.320 e. The number of hydrogen-bond acceptors (Lipinski definition) is 6. The molecule has 252 valence electrons. The number of carboxylic acid groups (broad SMARTS) is 2. The van der Waals surface area contributed by atoms with Gasteiger partial charge in [0.05, 0.1) is 20.3 Å². The topological polar surface area (TPSA) is 217 Å². The second kappa shape index (κ2) is 15.5. The standard InChI is InChI=1S/C12H12BrN3O4.C12H13BrN2O2.C9H8BrN/c1-5-6(4-8(14)12(17)18)10-9(15-5)3-2-7(13)11(10)16(19)20;1-6-8(5-10(14)12(16)17)9-4-7(13)2-3-11(9)15-6;1-6-4-7-5-8(10)2-3-9(7)11-6/h2-3,8,15H,4,14H2,1H3,(H,17,18);2-4,10,15H,5,14H2,1H3,(H,16,17);2-5,11H,1H3. The summed E-state index contributed by atoms with van der Waals surface area (Å²) in [5.41, 5.74) is 18.2. The van der Waals surface area contributed by atoms with Gasteiger partial charge in [0.2, 0.25) is 0 Å². The molecule has 0 aliphatic rings. The van der Waals surface area contributed by atoms with E-state index < -0.39 is 28.9 Å².